The van der Waals surface area contributed by atoms with Crippen LogP contribution in [0.2, 0.25) is 0 Å². The van der Waals surface area contributed by atoms with Gasteiger partial charge in [-0.15, -0.1) is 0 Å². The van der Waals surface area contributed by atoms with Crippen molar-refractivity contribution in [2.45, 2.75) is 6.61 Å². The molecule has 0 fully saturated rings. The van der Waals surface area contributed by atoms with Crippen molar-refractivity contribution in [3.8, 4) is 5.75 Å². The molecule has 1 radical (unpaired) electrons. The van der Waals surface area contributed by atoms with Crippen LogP contribution in [0.5, 0.6) is 5.75 Å². The normalized spacial score (nSPS) is 9.41. The van der Waals surface area contributed by atoms with Gasteiger partial charge in [0.2, 0.25) is 0 Å². The molecular formula is C12H9NaO4-. The molecule has 0 bridgehead atoms. The van der Waals surface area contributed by atoms with E-state index in [1.54, 1.807) is 6.07 Å². The number of ether oxygens (including phenoxy) is 1. The Morgan fingerprint density at radius 1 is 1.18 bits per heavy atom. The Morgan fingerprint density at radius 3 is 2.47 bits per heavy atom. The van der Waals surface area contributed by atoms with Crippen molar-refractivity contribution in [2.75, 3.05) is 0 Å². The van der Waals surface area contributed by atoms with Crippen LogP contribution in [0.3, 0.4) is 0 Å². The molecule has 0 atom stereocenters. The first-order valence-corrected chi connectivity index (χ1v) is 4.73. The molecule has 0 aliphatic carbocycles. The quantitative estimate of drug-likeness (QED) is 0.743. The largest absolute Gasteiger partial charge is 0.542 e. The smallest absolute Gasteiger partial charge is 0.149 e. The van der Waals surface area contributed by atoms with Crippen molar-refractivity contribution < 1.29 is 19.1 Å². The molecule has 2 aromatic rings. The van der Waals surface area contributed by atoms with Gasteiger partial charge in [-0.25, -0.2) is 0 Å². The van der Waals surface area contributed by atoms with Crippen LogP contribution < -0.4 is 9.84 Å². The van der Waals surface area contributed by atoms with Crippen molar-refractivity contribution in [1.82, 2.24) is 0 Å². The fourth-order valence-electron chi connectivity index (χ4n) is 1.24. The Hall–Kier alpha value is -1.23. The summed E-state index contributed by atoms with van der Waals surface area (Å²) < 4.78 is 10.4. The van der Waals surface area contributed by atoms with Crippen molar-refractivity contribution in [2.24, 2.45) is 0 Å². The number of hydrogen-bond acceptors (Lipinski definition) is 4. The molecule has 4 nitrogen and oxygen atoms in total. The van der Waals surface area contributed by atoms with Crippen LogP contribution in [0.15, 0.2) is 46.9 Å². The maximum Gasteiger partial charge on any atom is 0.149 e. The summed E-state index contributed by atoms with van der Waals surface area (Å²) in [6.07, 6.45) is 0. The van der Waals surface area contributed by atoms with E-state index in [1.807, 2.05) is 30.3 Å². The summed E-state index contributed by atoms with van der Waals surface area (Å²) in [4.78, 5) is 10.4. The van der Waals surface area contributed by atoms with E-state index < -0.39 is 5.97 Å². The fourth-order valence-corrected chi connectivity index (χ4v) is 1.24. The van der Waals surface area contributed by atoms with Gasteiger partial charge in [0.25, 0.3) is 0 Å². The van der Waals surface area contributed by atoms with Crippen molar-refractivity contribution in [1.29, 1.82) is 0 Å². The molecule has 0 N–H and O–H groups in total. The molecule has 0 saturated carbocycles. The summed E-state index contributed by atoms with van der Waals surface area (Å²) in [6.45, 7) is 0.192. The van der Waals surface area contributed by atoms with Crippen LogP contribution in [-0.4, -0.2) is 35.5 Å². The Balaban J connectivity index is 0.00000144. The third-order valence-electron chi connectivity index (χ3n) is 1.99. The molecule has 83 valence electrons. The zero-order chi connectivity index (χ0) is 11.4. The second-order valence-electron chi connectivity index (χ2n) is 3.16. The second-order valence-corrected chi connectivity index (χ2v) is 3.16. The number of carboxylic acid groups (broad SMARTS) is 1. The first kappa shape index (κ1) is 13.8. The Bertz CT molecular complexity index is 478. The van der Waals surface area contributed by atoms with Crippen LogP contribution in [0.4, 0.5) is 0 Å². The van der Waals surface area contributed by atoms with Gasteiger partial charge in [0.15, 0.2) is 0 Å². The molecule has 17 heavy (non-hydrogen) atoms. The number of aromatic carboxylic acids is 1. The zero-order valence-corrected chi connectivity index (χ0v) is 11.4. The summed E-state index contributed by atoms with van der Waals surface area (Å²) in [7, 11) is 0. The van der Waals surface area contributed by atoms with Gasteiger partial charge in [-0.05, 0) is 24.3 Å². The summed E-state index contributed by atoms with van der Waals surface area (Å²) in [5, 5.41) is 10.4. The molecule has 0 spiro atoms. The minimum atomic E-state index is -1.33. The predicted octanol–water partition coefficient (Wildman–Crippen LogP) is 0.841. The van der Waals surface area contributed by atoms with E-state index in [4.69, 9.17) is 9.15 Å². The molecule has 0 saturated heterocycles. The van der Waals surface area contributed by atoms with Gasteiger partial charge in [-0.3, -0.25) is 0 Å². The zero-order valence-electron chi connectivity index (χ0n) is 9.38. The monoisotopic (exact) mass is 240 g/mol. The minimum absolute atomic E-state index is 0. The SMILES string of the molecule is O=C([O-])c1ccc(COc2ccccc2)o1.[Na]. The number of carbonyl (C=O) groups excluding carboxylic acids is 1. The second kappa shape index (κ2) is 6.49. The van der Waals surface area contributed by atoms with Crippen molar-refractivity contribution in [3.63, 3.8) is 0 Å². The van der Waals surface area contributed by atoms with Crippen LogP contribution in [0.1, 0.15) is 16.3 Å². The van der Waals surface area contributed by atoms with E-state index in [2.05, 4.69) is 0 Å². The van der Waals surface area contributed by atoms with Crippen LogP contribution >= 0.6 is 0 Å². The molecule has 0 aliphatic rings. The molecule has 1 heterocycles. The first-order valence-electron chi connectivity index (χ1n) is 4.73. The molecular weight excluding hydrogens is 231 g/mol. The molecule has 0 aliphatic heterocycles. The molecule has 5 heteroatoms. The maximum absolute atomic E-state index is 10.4. The van der Waals surface area contributed by atoms with Gasteiger partial charge in [0.1, 0.15) is 29.8 Å². The number of furan rings is 1. The maximum atomic E-state index is 10.4. The molecule has 2 rings (SSSR count). The Morgan fingerprint density at radius 2 is 1.88 bits per heavy atom. The summed E-state index contributed by atoms with van der Waals surface area (Å²) in [5.74, 6) is -0.366. The van der Waals surface area contributed by atoms with Crippen molar-refractivity contribution >= 4 is 35.5 Å². The van der Waals surface area contributed by atoms with Gasteiger partial charge < -0.3 is 19.1 Å². The first-order chi connectivity index (χ1) is 7.75. The minimum Gasteiger partial charge on any atom is -0.542 e. The van der Waals surface area contributed by atoms with Crippen LogP contribution in [0.25, 0.3) is 0 Å². The summed E-state index contributed by atoms with van der Waals surface area (Å²) >= 11 is 0. The van der Waals surface area contributed by atoms with Gasteiger partial charge >= 0.3 is 0 Å². The number of benzene rings is 1. The van der Waals surface area contributed by atoms with E-state index in [0.717, 1.165) is 0 Å². The number of carbonyl (C=O) groups is 1. The summed E-state index contributed by atoms with van der Waals surface area (Å²) in [5.41, 5.74) is 0. The predicted molar refractivity (Wildman–Crippen MR) is 59.6 cm³/mol. The van der Waals surface area contributed by atoms with Gasteiger partial charge in [-0.1, -0.05) is 18.2 Å². The summed E-state index contributed by atoms with van der Waals surface area (Å²) in [6, 6.07) is 12.1. The molecule has 1 aromatic heterocycles. The third-order valence-corrected chi connectivity index (χ3v) is 1.99. The molecule has 0 amide bonds. The average molecular weight is 240 g/mol. The van der Waals surface area contributed by atoms with Crippen molar-refractivity contribution in [3.05, 3.63) is 54.0 Å². The van der Waals surface area contributed by atoms with E-state index >= 15 is 0 Å². The van der Waals surface area contributed by atoms with Gasteiger partial charge in [-0.2, -0.15) is 0 Å². The van der Waals surface area contributed by atoms with E-state index in [0.29, 0.717) is 11.5 Å². The number of hydrogen-bond donors (Lipinski definition) is 0. The Labute approximate surface area is 120 Å². The Kier molecular flexibility index (Phi) is 5.28. The molecule has 0 unspecified atom stereocenters. The van der Waals surface area contributed by atoms with Crippen LogP contribution in [0, 0.1) is 0 Å². The van der Waals surface area contributed by atoms with Gasteiger partial charge in [0.05, 0.1) is 0 Å². The fraction of sp³-hybridized carbons (Fsp3) is 0.0833. The van der Waals surface area contributed by atoms with Crippen LogP contribution in [-0.2, 0) is 6.61 Å². The standard InChI is InChI=1S/C12H10O4.Na/c13-12(14)11-7-6-10(16-11)8-15-9-4-2-1-3-5-9;/h1-7H,8H2,(H,13,14);/p-1. The number of para-hydroxylation sites is 1. The third kappa shape index (κ3) is 3.93. The topological polar surface area (TPSA) is 62.5 Å². The van der Waals surface area contributed by atoms with E-state index in [9.17, 15) is 9.90 Å². The van der Waals surface area contributed by atoms with E-state index in [1.165, 1.54) is 6.07 Å². The van der Waals surface area contributed by atoms with E-state index in [-0.39, 0.29) is 41.9 Å². The number of rotatable bonds is 4. The van der Waals surface area contributed by atoms with Gasteiger partial charge in [0, 0.05) is 29.6 Å². The number of carboxylic acids is 1. The average Bonchev–Trinajstić information content (AvgIpc) is 2.76. The molecule has 1 aromatic carbocycles.